The van der Waals surface area contributed by atoms with Crippen molar-refractivity contribution >= 4 is 5.65 Å². The lowest BCUT2D eigenvalue weighted by atomic mass is 10.1. The normalized spacial score (nSPS) is 15.9. The van der Waals surface area contributed by atoms with E-state index in [4.69, 9.17) is 4.74 Å². The van der Waals surface area contributed by atoms with Crippen molar-refractivity contribution < 1.29 is 9.13 Å². The highest BCUT2D eigenvalue weighted by Gasteiger charge is 2.28. The first-order chi connectivity index (χ1) is 10.8. The summed E-state index contributed by atoms with van der Waals surface area (Å²) >= 11 is 0. The van der Waals surface area contributed by atoms with Gasteiger partial charge in [0.15, 0.2) is 5.65 Å². The maximum atomic E-state index is 12.8. The molecule has 1 fully saturated rings. The van der Waals surface area contributed by atoms with E-state index in [0.717, 1.165) is 31.0 Å². The molecule has 0 aliphatic carbocycles. The summed E-state index contributed by atoms with van der Waals surface area (Å²) in [6.07, 6.45) is 3.64. The van der Waals surface area contributed by atoms with Crippen molar-refractivity contribution in [2.75, 3.05) is 13.1 Å². The zero-order valence-corrected chi connectivity index (χ0v) is 11.9. The average molecular weight is 298 g/mol. The second-order valence-electron chi connectivity index (χ2n) is 5.49. The summed E-state index contributed by atoms with van der Waals surface area (Å²) in [5.41, 5.74) is 2.07. The van der Waals surface area contributed by atoms with Crippen LogP contribution in [0.5, 0.6) is 5.75 Å². The van der Waals surface area contributed by atoms with Gasteiger partial charge in [0.1, 0.15) is 24.0 Å². The fourth-order valence-corrected chi connectivity index (χ4v) is 2.65. The molecular weight excluding hydrogens is 283 g/mol. The molecule has 0 bridgehead atoms. The summed E-state index contributed by atoms with van der Waals surface area (Å²) in [5, 5.41) is 4.08. The van der Waals surface area contributed by atoms with Crippen LogP contribution in [0, 0.1) is 5.82 Å². The van der Waals surface area contributed by atoms with E-state index in [1.54, 1.807) is 23.0 Å². The van der Waals surface area contributed by atoms with Crippen LogP contribution in [-0.4, -0.2) is 38.7 Å². The molecule has 1 aliphatic heterocycles. The Kier molecular flexibility index (Phi) is 3.23. The number of nitrogens with zero attached hydrogens (tertiary/aromatic N) is 4. The molecule has 2 aromatic heterocycles. The number of aromatic nitrogens is 3. The SMILES string of the molecule is Fc1ccc(OC2CN(Cc3ccn4ncnc4c3)C2)cc1. The maximum Gasteiger partial charge on any atom is 0.155 e. The summed E-state index contributed by atoms with van der Waals surface area (Å²) in [7, 11) is 0. The van der Waals surface area contributed by atoms with Gasteiger partial charge in [-0.1, -0.05) is 0 Å². The molecule has 1 saturated heterocycles. The molecule has 0 atom stereocenters. The first kappa shape index (κ1) is 13.2. The van der Waals surface area contributed by atoms with Crippen LogP contribution in [-0.2, 0) is 6.54 Å². The highest BCUT2D eigenvalue weighted by atomic mass is 19.1. The monoisotopic (exact) mass is 298 g/mol. The zero-order valence-electron chi connectivity index (χ0n) is 11.9. The number of hydrogen-bond acceptors (Lipinski definition) is 4. The fourth-order valence-electron chi connectivity index (χ4n) is 2.65. The van der Waals surface area contributed by atoms with Crippen LogP contribution in [0.3, 0.4) is 0 Å². The lowest BCUT2D eigenvalue weighted by molar-refractivity contribution is 0.0145. The Bertz CT molecular complexity index is 780. The van der Waals surface area contributed by atoms with Crippen LogP contribution in [0.4, 0.5) is 4.39 Å². The number of fused-ring (bicyclic) bond motifs is 1. The number of rotatable bonds is 4. The smallest absolute Gasteiger partial charge is 0.155 e. The Hall–Kier alpha value is -2.47. The highest BCUT2D eigenvalue weighted by molar-refractivity contribution is 5.39. The van der Waals surface area contributed by atoms with Gasteiger partial charge in [-0.05, 0) is 42.0 Å². The molecule has 4 rings (SSSR count). The lowest BCUT2D eigenvalue weighted by Gasteiger charge is -2.39. The molecular formula is C16H15FN4O. The van der Waals surface area contributed by atoms with Gasteiger partial charge in [-0.2, -0.15) is 5.10 Å². The van der Waals surface area contributed by atoms with Crippen molar-refractivity contribution in [3.05, 3.63) is 60.3 Å². The van der Waals surface area contributed by atoms with Gasteiger partial charge >= 0.3 is 0 Å². The quantitative estimate of drug-likeness (QED) is 0.740. The molecule has 3 aromatic rings. The molecule has 0 unspecified atom stereocenters. The summed E-state index contributed by atoms with van der Waals surface area (Å²) in [5.74, 6) is 0.474. The number of hydrogen-bond donors (Lipinski definition) is 0. The first-order valence-corrected chi connectivity index (χ1v) is 7.19. The molecule has 0 spiro atoms. The van der Waals surface area contributed by atoms with Crippen molar-refractivity contribution in [1.82, 2.24) is 19.5 Å². The van der Waals surface area contributed by atoms with Crippen molar-refractivity contribution in [1.29, 1.82) is 0 Å². The zero-order chi connectivity index (χ0) is 14.9. The molecule has 0 radical (unpaired) electrons. The van der Waals surface area contributed by atoms with Crippen LogP contribution < -0.4 is 4.74 Å². The second kappa shape index (κ2) is 5.38. The van der Waals surface area contributed by atoms with Crippen molar-refractivity contribution in [3.8, 4) is 5.75 Å². The van der Waals surface area contributed by atoms with Crippen LogP contribution in [0.15, 0.2) is 48.9 Å². The highest BCUT2D eigenvalue weighted by Crippen LogP contribution is 2.20. The van der Waals surface area contributed by atoms with Gasteiger partial charge in [-0.15, -0.1) is 0 Å². The molecule has 112 valence electrons. The van der Waals surface area contributed by atoms with Crippen molar-refractivity contribution in [3.63, 3.8) is 0 Å². The van der Waals surface area contributed by atoms with Gasteiger partial charge in [0.05, 0.1) is 0 Å². The number of pyridine rings is 1. The molecule has 0 N–H and O–H groups in total. The predicted octanol–water partition coefficient (Wildman–Crippen LogP) is 2.13. The third kappa shape index (κ3) is 2.65. The van der Waals surface area contributed by atoms with Gasteiger partial charge in [-0.3, -0.25) is 4.90 Å². The number of ether oxygens (including phenoxy) is 1. The third-order valence-electron chi connectivity index (χ3n) is 3.79. The maximum absolute atomic E-state index is 12.8. The molecule has 0 saturated carbocycles. The Morgan fingerprint density at radius 3 is 2.82 bits per heavy atom. The lowest BCUT2D eigenvalue weighted by Crippen LogP contribution is -2.53. The molecule has 3 heterocycles. The molecule has 1 aromatic carbocycles. The molecule has 0 amide bonds. The van der Waals surface area contributed by atoms with Gasteiger partial charge in [0.2, 0.25) is 0 Å². The van der Waals surface area contributed by atoms with Crippen LogP contribution >= 0.6 is 0 Å². The standard InChI is InChI=1S/C16H15FN4O/c17-13-1-3-14(4-2-13)22-15-9-20(10-15)8-12-5-6-21-16(7-12)18-11-19-21/h1-7,11,15H,8-10H2. The number of halogens is 1. The average Bonchev–Trinajstić information content (AvgIpc) is 2.94. The summed E-state index contributed by atoms with van der Waals surface area (Å²) in [4.78, 5) is 6.49. The van der Waals surface area contributed by atoms with E-state index in [2.05, 4.69) is 21.0 Å². The van der Waals surface area contributed by atoms with Gasteiger partial charge < -0.3 is 4.74 Å². The predicted molar refractivity (Wildman–Crippen MR) is 79.1 cm³/mol. The van der Waals surface area contributed by atoms with Gasteiger partial charge in [0.25, 0.3) is 0 Å². The van der Waals surface area contributed by atoms with Crippen molar-refractivity contribution in [2.45, 2.75) is 12.6 Å². The van der Waals surface area contributed by atoms with E-state index in [0.29, 0.717) is 0 Å². The van der Waals surface area contributed by atoms with E-state index in [-0.39, 0.29) is 11.9 Å². The van der Waals surface area contributed by atoms with Gasteiger partial charge in [-0.25, -0.2) is 13.9 Å². The van der Waals surface area contributed by atoms with E-state index in [9.17, 15) is 4.39 Å². The van der Waals surface area contributed by atoms with Crippen LogP contribution in [0.25, 0.3) is 5.65 Å². The Labute approximate surface area is 127 Å². The Balaban J connectivity index is 1.32. The largest absolute Gasteiger partial charge is 0.488 e. The molecule has 1 aliphatic rings. The van der Waals surface area contributed by atoms with Crippen LogP contribution in [0.2, 0.25) is 0 Å². The van der Waals surface area contributed by atoms with E-state index >= 15 is 0 Å². The summed E-state index contributed by atoms with van der Waals surface area (Å²) in [6.45, 7) is 2.61. The minimum absolute atomic E-state index is 0.169. The topological polar surface area (TPSA) is 42.7 Å². The summed E-state index contributed by atoms with van der Waals surface area (Å²) < 4.78 is 20.4. The van der Waals surface area contributed by atoms with Gasteiger partial charge in [0, 0.05) is 25.8 Å². The molecule has 6 heteroatoms. The second-order valence-corrected chi connectivity index (χ2v) is 5.49. The van der Waals surface area contributed by atoms with Crippen molar-refractivity contribution in [2.24, 2.45) is 0 Å². The molecule has 22 heavy (non-hydrogen) atoms. The first-order valence-electron chi connectivity index (χ1n) is 7.19. The number of likely N-dealkylation sites (tertiary alicyclic amines) is 1. The summed E-state index contributed by atoms with van der Waals surface area (Å²) in [6, 6.07) is 10.3. The fraction of sp³-hybridized carbons (Fsp3) is 0.250. The molecule has 5 nitrogen and oxygen atoms in total. The van der Waals surface area contributed by atoms with E-state index in [1.165, 1.54) is 17.7 Å². The Morgan fingerprint density at radius 2 is 2.00 bits per heavy atom. The minimum atomic E-state index is -0.244. The number of benzene rings is 1. The Morgan fingerprint density at radius 1 is 1.18 bits per heavy atom. The van der Waals surface area contributed by atoms with E-state index in [1.807, 2.05) is 12.3 Å². The van der Waals surface area contributed by atoms with E-state index < -0.39 is 0 Å². The van der Waals surface area contributed by atoms with Crippen LogP contribution in [0.1, 0.15) is 5.56 Å². The minimum Gasteiger partial charge on any atom is -0.488 e. The third-order valence-corrected chi connectivity index (χ3v) is 3.79.